The Labute approximate surface area is 117 Å². The van der Waals surface area contributed by atoms with Gasteiger partial charge in [0.05, 0.1) is 25.5 Å². The number of ether oxygens (including phenoxy) is 2. The van der Waals surface area contributed by atoms with Crippen molar-refractivity contribution in [1.82, 2.24) is 4.98 Å². The summed E-state index contributed by atoms with van der Waals surface area (Å²) in [7, 11) is 3.18. The minimum Gasteiger partial charge on any atom is -0.497 e. The van der Waals surface area contributed by atoms with E-state index in [1.165, 1.54) is 0 Å². The van der Waals surface area contributed by atoms with E-state index in [0.717, 1.165) is 5.56 Å². The van der Waals surface area contributed by atoms with Gasteiger partial charge in [0.15, 0.2) is 0 Å². The summed E-state index contributed by atoms with van der Waals surface area (Å²) in [6, 6.07) is 13.1. The van der Waals surface area contributed by atoms with E-state index in [2.05, 4.69) is 11.1 Å². The van der Waals surface area contributed by atoms with E-state index in [4.69, 9.17) is 9.47 Å². The molecule has 0 atom stereocenters. The highest BCUT2D eigenvalue weighted by molar-refractivity contribution is 5.89. The van der Waals surface area contributed by atoms with Crippen molar-refractivity contribution in [2.45, 2.75) is 0 Å². The van der Waals surface area contributed by atoms with E-state index in [9.17, 15) is 5.26 Å². The van der Waals surface area contributed by atoms with Crippen LogP contribution in [0.5, 0.6) is 11.5 Å². The van der Waals surface area contributed by atoms with Crippen LogP contribution in [0, 0.1) is 11.3 Å². The molecule has 1 aromatic carbocycles. The topological polar surface area (TPSA) is 55.1 Å². The van der Waals surface area contributed by atoms with Crippen LogP contribution in [0.2, 0.25) is 0 Å². The fourth-order valence-corrected chi connectivity index (χ4v) is 1.78. The van der Waals surface area contributed by atoms with Crippen LogP contribution in [0.4, 0.5) is 0 Å². The highest BCUT2D eigenvalue weighted by atomic mass is 16.5. The first-order valence-corrected chi connectivity index (χ1v) is 6.03. The maximum atomic E-state index is 9.28. The molecule has 0 spiro atoms. The molecule has 0 aliphatic heterocycles. The number of allylic oxidation sites excluding steroid dienone is 1. The Bertz CT molecular complexity index is 658. The first-order chi connectivity index (χ1) is 9.78. The van der Waals surface area contributed by atoms with Crippen molar-refractivity contribution in [3.05, 3.63) is 53.9 Å². The number of aromatic nitrogens is 1. The SMILES string of the molecule is COc1ccc(C=C(C#N)c2ccccn2)c(OC)c1. The van der Waals surface area contributed by atoms with Crippen molar-refractivity contribution in [2.24, 2.45) is 0 Å². The Hall–Kier alpha value is -2.80. The number of pyridine rings is 1. The molecule has 0 aliphatic carbocycles. The summed E-state index contributed by atoms with van der Waals surface area (Å²) in [5.74, 6) is 1.35. The molecule has 0 saturated carbocycles. The molecule has 4 heteroatoms. The van der Waals surface area contributed by atoms with Gasteiger partial charge in [-0.05, 0) is 30.3 Å². The van der Waals surface area contributed by atoms with Crippen LogP contribution < -0.4 is 9.47 Å². The summed E-state index contributed by atoms with van der Waals surface area (Å²) in [6.45, 7) is 0. The van der Waals surface area contributed by atoms with Crippen LogP contribution in [-0.4, -0.2) is 19.2 Å². The minimum atomic E-state index is 0.481. The van der Waals surface area contributed by atoms with Crippen LogP contribution in [-0.2, 0) is 0 Å². The third-order valence-electron chi connectivity index (χ3n) is 2.80. The molecule has 0 radical (unpaired) electrons. The second kappa shape index (κ2) is 6.39. The Balaban J connectivity index is 2.46. The molecule has 2 rings (SSSR count). The van der Waals surface area contributed by atoms with Crippen LogP contribution in [0.1, 0.15) is 11.3 Å². The Morgan fingerprint density at radius 1 is 1.20 bits per heavy atom. The average Bonchev–Trinajstić information content (AvgIpc) is 2.53. The number of methoxy groups -OCH3 is 2. The molecule has 2 aromatic rings. The first-order valence-electron chi connectivity index (χ1n) is 6.03. The third kappa shape index (κ3) is 2.96. The average molecular weight is 266 g/mol. The molecule has 0 saturated heterocycles. The lowest BCUT2D eigenvalue weighted by Crippen LogP contribution is -1.91. The van der Waals surface area contributed by atoms with Crippen molar-refractivity contribution in [2.75, 3.05) is 14.2 Å². The van der Waals surface area contributed by atoms with Crippen LogP contribution in [0.25, 0.3) is 11.6 Å². The number of benzene rings is 1. The Morgan fingerprint density at radius 2 is 2.05 bits per heavy atom. The highest BCUT2D eigenvalue weighted by Crippen LogP contribution is 2.27. The van der Waals surface area contributed by atoms with Gasteiger partial charge in [-0.15, -0.1) is 0 Å². The maximum absolute atomic E-state index is 9.28. The van der Waals surface area contributed by atoms with Crippen LogP contribution in [0.15, 0.2) is 42.6 Å². The van der Waals surface area contributed by atoms with E-state index >= 15 is 0 Å². The number of hydrogen-bond acceptors (Lipinski definition) is 4. The molecular formula is C16H14N2O2. The highest BCUT2D eigenvalue weighted by Gasteiger charge is 2.06. The molecule has 100 valence electrons. The summed E-state index contributed by atoms with van der Waals surface area (Å²) < 4.78 is 10.5. The lowest BCUT2D eigenvalue weighted by molar-refractivity contribution is 0.394. The largest absolute Gasteiger partial charge is 0.497 e. The smallest absolute Gasteiger partial charge is 0.129 e. The van der Waals surface area contributed by atoms with Gasteiger partial charge in [0.2, 0.25) is 0 Å². The molecule has 1 heterocycles. The number of rotatable bonds is 4. The van der Waals surface area contributed by atoms with Crippen molar-refractivity contribution in [3.63, 3.8) is 0 Å². The normalized spacial score (nSPS) is 10.8. The standard InChI is InChI=1S/C16H14N2O2/c1-19-14-7-6-12(16(10-14)20-2)9-13(11-17)15-5-3-4-8-18-15/h3-10H,1-2H3. The van der Waals surface area contributed by atoms with E-state index in [-0.39, 0.29) is 0 Å². The quantitative estimate of drug-likeness (QED) is 0.798. The predicted octanol–water partition coefficient (Wildman–Crippen LogP) is 3.16. The van der Waals surface area contributed by atoms with E-state index in [1.54, 1.807) is 38.6 Å². The lowest BCUT2D eigenvalue weighted by atomic mass is 10.1. The molecule has 0 amide bonds. The van der Waals surface area contributed by atoms with Gasteiger partial charge in [0.1, 0.15) is 17.6 Å². The van der Waals surface area contributed by atoms with Crippen LogP contribution in [0.3, 0.4) is 0 Å². The number of hydrogen-bond donors (Lipinski definition) is 0. The van der Waals surface area contributed by atoms with Gasteiger partial charge < -0.3 is 9.47 Å². The molecule has 1 aromatic heterocycles. The zero-order valence-corrected chi connectivity index (χ0v) is 11.3. The first kappa shape index (κ1) is 13.6. The fourth-order valence-electron chi connectivity index (χ4n) is 1.78. The molecular weight excluding hydrogens is 252 g/mol. The molecule has 20 heavy (non-hydrogen) atoms. The molecule has 0 N–H and O–H groups in total. The van der Waals surface area contributed by atoms with Crippen molar-refractivity contribution < 1.29 is 9.47 Å². The monoisotopic (exact) mass is 266 g/mol. The lowest BCUT2D eigenvalue weighted by Gasteiger charge is -2.08. The summed E-state index contributed by atoms with van der Waals surface area (Å²) >= 11 is 0. The van der Waals surface area contributed by atoms with Crippen molar-refractivity contribution in [1.29, 1.82) is 5.26 Å². The van der Waals surface area contributed by atoms with Gasteiger partial charge >= 0.3 is 0 Å². The van der Waals surface area contributed by atoms with Gasteiger partial charge in [0.25, 0.3) is 0 Å². The zero-order valence-electron chi connectivity index (χ0n) is 11.3. The molecule has 4 nitrogen and oxygen atoms in total. The van der Waals surface area contributed by atoms with Crippen LogP contribution >= 0.6 is 0 Å². The Kier molecular flexibility index (Phi) is 4.35. The zero-order chi connectivity index (χ0) is 14.4. The second-order valence-corrected chi connectivity index (χ2v) is 3.99. The summed E-state index contributed by atoms with van der Waals surface area (Å²) in [5.41, 5.74) is 1.91. The molecule has 0 bridgehead atoms. The van der Waals surface area contributed by atoms with E-state index in [1.807, 2.05) is 24.3 Å². The maximum Gasteiger partial charge on any atom is 0.129 e. The third-order valence-corrected chi connectivity index (χ3v) is 2.80. The molecule has 0 fully saturated rings. The summed E-state index contributed by atoms with van der Waals surface area (Å²) in [5, 5.41) is 9.28. The van der Waals surface area contributed by atoms with Crippen molar-refractivity contribution in [3.8, 4) is 17.6 Å². The van der Waals surface area contributed by atoms with Gasteiger partial charge in [0, 0.05) is 17.8 Å². The Morgan fingerprint density at radius 3 is 2.65 bits per heavy atom. The van der Waals surface area contributed by atoms with Gasteiger partial charge in [-0.3, -0.25) is 4.98 Å². The minimum absolute atomic E-state index is 0.481. The van der Waals surface area contributed by atoms with E-state index < -0.39 is 0 Å². The van der Waals surface area contributed by atoms with Crippen molar-refractivity contribution >= 4 is 11.6 Å². The van der Waals surface area contributed by atoms with E-state index in [0.29, 0.717) is 22.8 Å². The molecule has 0 unspecified atom stereocenters. The van der Waals surface area contributed by atoms with Gasteiger partial charge in [-0.25, -0.2) is 0 Å². The second-order valence-electron chi connectivity index (χ2n) is 3.99. The number of nitrogens with zero attached hydrogens (tertiary/aromatic N) is 2. The summed E-state index contributed by atoms with van der Waals surface area (Å²) in [6.07, 6.45) is 3.41. The molecule has 0 aliphatic rings. The van der Waals surface area contributed by atoms with Gasteiger partial charge in [-0.1, -0.05) is 6.07 Å². The fraction of sp³-hybridized carbons (Fsp3) is 0.125. The number of nitriles is 1. The summed E-state index contributed by atoms with van der Waals surface area (Å²) in [4.78, 5) is 4.18. The predicted molar refractivity (Wildman–Crippen MR) is 77.3 cm³/mol. The van der Waals surface area contributed by atoms with Gasteiger partial charge in [-0.2, -0.15) is 5.26 Å².